The van der Waals surface area contributed by atoms with Crippen LogP contribution in [0.15, 0.2) is 54.8 Å². The molecule has 1 fully saturated rings. The van der Waals surface area contributed by atoms with E-state index in [0.717, 1.165) is 63.8 Å². The molecule has 1 spiro atoms. The summed E-state index contributed by atoms with van der Waals surface area (Å²) in [6.07, 6.45) is 10.2. The fourth-order valence-electron chi connectivity index (χ4n) is 5.29. The molecule has 2 aliphatic rings. The molecule has 0 saturated carbocycles. The van der Waals surface area contributed by atoms with Crippen LogP contribution in [0.2, 0.25) is 0 Å². The Kier molecular flexibility index (Phi) is 7.94. The number of likely N-dealkylation sites (tertiary alicyclic amines) is 1. The zero-order valence-electron chi connectivity index (χ0n) is 19.8. The first-order valence-electron chi connectivity index (χ1n) is 12.0. The molecule has 1 aromatic carbocycles. The molecule has 1 unspecified atom stereocenters. The Balaban J connectivity index is 1.53. The van der Waals surface area contributed by atoms with Gasteiger partial charge in [-0.25, -0.2) is 0 Å². The molecule has 0 aromatic heterocycles. The second kappa shape index (κ2) is 10.5. The van der Waals surface area contributed by atoms with Crippen molar-refractivity contribution >= 4 is 5.78 Å². The van der Waals surface area contributed by atoms with Crippen LogP contribution in [0, 0.1) is 18.3 Å². The highest BCUT2D eigenvalue weighted by Gasteiger charge is 2.41. The predicted octanol–water partition coefficient (Wildman–Crippen LogP) is 5.86. The summed E-state index contributed by atoms with van der Waals surface area (Å²) in [5, 5.41) is 3.54. The molecule has 0 bridgehead atoms. The molecule has 1 heterocycles. The summed E-state index contributed by atoms with van der Waals surface area (Å²) in [5.41, 5.74) is 6.08. The van der Waals surface area contributed by atoms with E-state index >= 15 is 0 Å². The van der Waals surface area contributed by atoms with Crippen LogP contribution in [0.5, 0.6) is 0 Å². The van der Waals surface area contributed by atoms with E-state index in [1.165, 1.54) is 22.4 Å². The number of aryl methyl sites for hydroxylation is 1. The van der Waals surface area contributed by atoms with E-state index in [-0.39, 0.29) is 5.41 Å². The number of ketones is 1. The second-order valence-corrected chi connectivity index (χ2v) is 9.55. The molecule has 168 valence electrons. The number of allylic oxidation sites excluding steroid dienone is 2. The molecule has 1 N–H and O–H groups in total. The molecule has 3 nitrogen and oxygen atoms in total. The van der Waals surface area contributed by atoms with Crippen molar-refractivity contribution in [3.63, 3.8) is 0 Å². The first-order valence-corrected chi connectivity index (χ1v) is 12.0. The summed E-state index contributed by atoms with van der Waals surface area (Å²) >= 11 is 0. The molecular weight excluding hydrogens is 380 g/mol. The lowest BCUT2D eigenvalue weighted by atomic mass is 9.65. The lowest BCUT2D eigenvalue weighted by Gasteiger charge is -2.46. The van der Waals surface area contributed by atoms with Crippen LogP contribution in [0.3, 0.4) is 0 Å². The van der Waals surface area contributed by atoms with Crippen molar-refractivity contribution in [3.05, 3.63) is 71.5 Å². The van der Waals surface area contributed by atoms with Gasteiger partial charge in [-0.2, -0.15) is 0 Å². The van der Waals surface area contributed by atoms with Crippen LogP contribution in [-0.4, -0.2) is 36.9 Å². The summed E-state index contributed by atoms with van der Waals surface area (Å²) in [4.78, 5) is 15.4. The fourth-order valence-corrected chi connectivity index (χ4v) is 5.29. The Morgan fingerprint density at radius 1 is 1.29 bits per heavy atom. The van der Waals surface area contributed by atoms with Crippen LogP contribution in [0.25, 0.3) is 0 Å². The summed E-state index contributed by atoms with van der Waals surface area (Å²) in [6, 6.07) is 6.41. The lowest BCUT2D eigenvalue weighted by molar-refractivity contribution is 0.0720. The summed E-state index contributed by atoms with van der Waals surface area (Å²) < 4.78 is 0. The Morgan fingerprint density at radius 3 is 2.68 bits per heavy atom. The highest BCUT2D eigenvalue weighted by atomic mass is 16.1. The second-order valence-electron chi connectivity index (χ2n) is 9.55. The van der Waals surface area contributed by atoms with Crippen molar-refractivity contribution in [2.75, 3.05) is 26.2 Å². The number of carbonyl (C=O) groups excluding carboxylic acids is 1. The van der Waals surface area contributed by atoms with Gasteiger partial charge in [0.05, 0.1) is 0 Å². The Hall–Kier alpha value is -2.13. The summed E-state index contributed by atoms with van der Waals surface area (Å²) in [7, 11) is 0. The monoisotopic (exact) mass is 420 g/mol. The zero-order chi connectivity index (χ0) is 22.4. The van der Waals surface area contributed by atoms with Crippen molar-refractivity contribution in [2.45, 2.75) is 59.3 Å². The maximum atomic E-state index is 12.9. The van der Waals surface area contributed by atoms with Gasteiger partial charge in [0.2, 0.25) is 0 Å². The first kappa shape index (κ1) is 23.5. The molecule has 3 heteroatoms. The van der Waals surface area contributed by atoms with Gasteiger partial charge >= 0.3 is 0 Å². The van der Waals surface area contributed by atoms with Crippen LogP contribution in [-0.2, 0) is 6.42 Å². The highest BCUT2D eigenvalue weighted by Crippen LogP contribution is 2.44. The first-order chi connectivity index (χ1) is 14.9. The van der Waals surface area contributed by atoms with Gasteiger partial charge in [0.25, 0.3) is 0 Å². The molecule has 31 heavy (non-hydrogen) atoms. The lowest BCUT2D eigenvalue weighted by Crippen LogP contribution is -2.44. The van der Waals surface area contributed by atoms with Gasteiger partial charge in [-0.05, 0) is 81.0 Å². The van der Waals surface area contributed by atoms with E-state index in [0.29, 0.717) is 18.1 Å². The minimum absolute atomic E-state index is 0.146. The normalized spacial score (nSPS) is 19.3. The predicted molar refractivity (Wildman–Crippen MR) is 131 cm³/mol. The minimum Gasteiger partial charge on any atom is -0.375 e. The molecule has 1 saturated heterocycles. The molecule has 1 aromatic rings. The van der Waals surface area contributed by atoms with Crippen molar-refractivity contribution in [3.8, 4) is 0 Å². The quantitative estimate of drug-likeness (QED) is 0.401. The SMILES string of the molecule is C=C/C(=C\C)CNCCC(CC)C(=C)N1CCC2(CC1)CC(=O)c1cc(C)ccc1C2. The van der Waals surface area contributed by atoms with Crippen LogP contribution in [0.4, 0.5) is 0 Å². The van der Waals surface area contributed by atoms with Crippen molar-refractivity contribution in [1.29, 1.82) is 0 Å². The molecule has 0 amide bonds. The van der Waals surface area contributed by atoms with E-state index in [1.807, 2.05) is 6.08 Å². The number of piperidine rings is 1. The number of nitrogens with one attached hydrogen (secondary N) is 1. The number of nitrogens with zero attached hydrogens (tertiary/aromatic N) is 1. The summed E-state index contributed by atoms with van der Waals surface area (Å²) in [5.74, 6) is 0.853. The van der Waals surface area contributed by atoms with E-state index in [4.69, 9.17) is 0 Å². The van der Waals surface area contributed by atoms with Gasteiger partial charge in [-0.3, -0.25) is 4.79 Å². The van der Waals surface area contributed by atoms with Gasteiger partial charge in [-0.1, -0.05) is 49.9 Å². The standard InChI is InChI=1S/C28H40N2O/c1-6-23(7-2)20-29-14-11-24(8-3)22(5)30-15-12-28(13-16-30)18-25-10-9-21(4)17-26(25)27(31)19-28/h6-7,9-10,17,24,29H,1,5,8,11-16,18-20H2,2-4H3/b23-7+. The number of benzene rings is 1. The third-order valence-electron chi connectivity index (χ3n) is 7.49. The number of hydrogen-bond donors (Lipinski definition) is 1. The topological polar surface area (TPSA) is 32.3 Å². The number of fused-ring (bicyclic) bond motifs is 1. The largest absolute Gasteiger partial charge is 0.375 e. The molecular formula is C28H40N2O. The van der Waals surface area contributed by atoms with Crippen LogP contribution in [0.1, 0.15) is 67.4 Å². The average Bonchev–Trinajstić information content (AvgIpc) is 2.77. The van der Waals surface area contributed by atoms with Crippen LogP contribution < -0.4 is 5.32 Å². The number of Topliss-reactive ketones (excluding diaryl/α,β-unsaturated/α-hetero) is 1. The zero-order valence-corrected chi connectivity index (χ0v) is 19.8. The number of rotatable bonds is 9. The third-order valence-corrected chi connectivity index (χ3v) is 7.49. The number of carbonyl (C=O) groups is 1. The minimum atomic E-state index is 0.146. The molecule has 1 atom stereocenters. The van der Waals surface area contributed by atoms with Gasteiger partial charge in [0, 0.05) is 37.3 Å². The van der Waals surface area contributed by atoms with E-state index in [9.17, 15) is 4.79 Å². The van der Waals surface area contributed by atoms with Gasteiger partial charge in [-0.15, -0.1) is 0 Å². The Labute approximate surface area is 189 Å². The van der Waals surface area contributed by atoms with E-state index in [1.54, 1.807) is 0 Å². The van der Waals surface area contributed by atoms with E-state index < -0.39 is 0 Å². The van der Waals surface area contributed by atoms with Gasteiger partial charge < -0.3 is 10.2 Å². The Morgan fingerprint density at radius 2 is 2.03 bits per heavy atom. The maximum absolute atomic E-state index is 12.9. The van der Waals surface area contributed by atoms with Crippen molar-refractivity contribution < 1.29 is 4.79 Å². The van der Waals surface area contributed by atoms with E-state index in [2.05, 4.69) is 68.4 Å². The van der Waals surface area contributed by atoms with Crippen molar-refractivity contribution in [1.82, 2.24) is 10.2 Å². The smallest absolute Gasteiger partial charge is 0.163 e. The van der Waals surface area contributed by atoms with Crippen molar-refractivity contribution in [2.24, 2.45) is 11.3 Å². The van der Waals surface area contributed by atoms with Crippen LogP contribution >= 0.6 is 0 Å². The molecule has 0 radical (unpaired) electrons. The van der Waals surface area contributed by atoms with Gasteiger partial charge in [0.15, 0.2) is 5.78 Å². The Bertz CT molecular complexity index is 843. The summed E-state index contributed by atoms with van der Waals surface area (Å²) in [6.45, 7) is 18.7. The highest BCUT2D eigenvalue weighted by molar-refractivity contribution is 5.99. The molecule has 1 aliphatic heterocycles. The fraction of sp³-hybridized carbons (Fsp3) is 0.536. The number of hydrogen-bond acceptors (Lipinski definition) is 3. The average molecular weight is 421 g/mol. The maximum Gasteiger partial charge on any atom is 0.163 e. The van der Waals surface area contributed by atoms with Gasteiger partial charge in [0.1, 0.15) is 0 Å². The molecule has 1 aliphatic carbocycles. The third kappa shape index (κ3) is 5.57. The molecule has 3 rings (SSSR count).